The number of hydrogen-bond donors (Lipinski definition) is 2. The van der Waals surface area contributed by atoms with Gasteiger partial charge in [-0.15, -0.1) is 0 Å². The molecule has 1 aliphatic carbocycles. The van der Waals surface area contributed by atoms with Crippen LogP contribution in [0.25, 0.3) is 11.1 Å². The second-order valence-electron chi connectivity index (χ2n) is 8.95. The number of ether oxygens (including phenoxy) is 1. The summed E-state index contributed by atoms with van der Waals surface area (Å²) in [5.74, 6) is -1.34. The summed E-state index contributed by atoms with van der Waals surface area (Å²) in [5, 5.41) is 15.9. The zero-order chi connectivity index (χ0) is 24.6. The maximum Gasteiger partial charge on any atom is 0.407 e. The van der Waals surface area contributed by atoms with Crippen molar-refractivity contribution in [1.29, 1.82) is 0 Å². The first-order chi connectivity index (χ1) is 16.9. The molecule has 180 valence electrons. The number of likely N-dealkylation sites (tertiary alicyclic amines) is 1. The fraction of sp³-hybridized carbons (Fsp3) is 0.308. The molecule has 2 aromatic carbocycles. The Kier molecular flexibility index (Phi) is 5.76. The number of aromatic nitrogens is 1. The third-order valence-corrected chi connectivity index (χ3v) is 7.02. The summed E-state index contributed by atoms with van der Waals surface area (Å²) in [4.78, 5) is 38.2. The molecular formula is C26H25N3O6. The quantitative estimate of drug-likeness (QED) is 0.535. The van der Waals surface area contributed by atoms with E-state index >= 15 is 0 Å². The van der Waals surface area contributed by atoms with Crippen LogP contribution in [-0.2, 0) is 16.1 Å². The lowest BCUT2D eigenvalue weighted by Gasteiger charge is -2.46. The number of rotatable bonds is 7. The molecule has 0 radical (unpaired) electrons. The number of nitrogens with zero attached hydrogens (tertiary/aromatic N) is 2. The molecule has 1 aliphatic heterocycles. The minimum Gasteiger partial charge on any atom is -0.481 e. The summed E-state index contributed by atoms with van der Waals surface area (Å²) in [6, 6.07) is 16.1. The molecule has 0 spiro atoms. The van der Waals surface area contributed by atoms with E-state index in [2.05, 4.69) is 22.6 Å². The molecule has 0 unspecified atom stereocenters. The van der Waals surface area contributed by atoms with Crippen LogP contribution in [0, 0.1) is 5.41 Å². The molecule has 2 amide bonds. The van der Waals surface area contributed by atoms with Gasteiger partial charge in [-0.05, 0) is 28.7 Å². The highest BCUT2D eigenvalue weighted by Crippen LogP contribution is 2.44. The van der Waals surface area contributed by atoms with E-state index in [1.54, 1.807) is 6.92 Å². The van der Waals surface area contributed by atoms with Gasteiger partial charge in [0, 0.05) is 19.0 Å². The van der Waals surface area contributed by atoms with E-state index in [0.29, 0.717) is 6.42 Å². The summed E-state index contributed by atoms with van der Waals surface area (Å²) in [6.07, 6.45) is 1.02. The van der Waals surface area contributed by atoms with E-state index in [1.807, 2.05) is 36.4 Å². The van der Waals surface area contributed by atoms with Crippen molar-refractivity contribution in [2.45, 2.75) is 25.8 Å². The van der Waals surface area contributed by atoms with E-state index < -0.39 is 17.5 Å². The average Bonchev–Trinajstić information content (AvgIpc) is 3.43. The normalized spacial score (nSPS) is 15.6. The molecule has 2 aliphatic rings. The minimum atomic E-state index is -0.911. The van der Waals surface area contributed by atoms with Crippen molar-refractivity contribution in [3.63, 3.8) is 0 Å². The summed E-state index contributed by atoms with van der Waals surface area (Å²) in [6.45, 7) is 2.16. The smallest absolute Gasteiger partial charge is 0.407 e. The fourth-order valence-electron chi connectivity index (χ4n) is 4.87. The monoisotopic (exact) mass is 475 g/mol. The van der Waals surface area contributed by atoms with Gasteiger partial charge in [0.1, 0.15) is 29.5 Å². The highest BCUT2D eigenvalue weighted by Gasteiger charge is 2.50. The molecule has 0 saturated carbocycles. The van der Waals surface area contributed by atoms with E-state index in [9.17, 15) is 19.5 Å². The number of carbonyl (C=O) groups excluding carboxylic acids is 2. The van der Waals surface area contributed by atoms with Gasteiger partial charge in [-0.1, -0.05) is 60.6 Å². The van der Waals surface area contributed by atoms with Gasteiger partial charge in [0.15, 0.2) is 0 Å². The third-order valence-electron chi connectivity index (χ3n) is 7.02. The Morgan fingerprint density at radius 1 is 1.11 bits per heavy atom. The van der Waals surface area contributed by atoms with Crippen molar-refractivity contribution >= 4 is 18.0 Å². The zero-order valence-electron chi connectivity index (χ0n) is 19.2. The molecule has 0 bridgehead atoms. The first-order valence-corrected chi connectivity index (χ1v) is 11.5. The van der Waals surface area contributed by atoms with Gasteiger partial charge in [0.25, 0.3) is 5.91 Å². The van der Waals surface area contributed by atoms with Crippen LogP contribution in [0.5, 0.6) is 0 Å². The molecule has 1 saturated heterocycles. The van der Waals surface area contributed by atoms with Crippen LogP contribution in [0.15, 0.2) is 59.3 Å². The number of aliphatic carboxylic acids is 1. The highest BCUT2D eigenvalue weighted by molar-refractivity contribution is 5.97. The molecule has 35 heavy (non-hydrogen) atoms. The van der Waals surface area contributed by atoms with Crippen LogP contribution in [0.1, 0.15) is 46.4 Å². The molecule has 5 rings (SSSR count). The van der Waals surface area contributed by atoms with E-state index in [1.165, 1.54) is 11.2 Å². The minimum absolute atomic E-state index is 0.0556. The first kappa shape index (κ1) is 22.6. The number of amides is 2. The second kappa shape index (κ2) is 8.90. The van der Waals surface area contributed by atoms with E-state index in [-0.39, 0.29) is 49.3 Å². The number of benzene rings is 2. The Labute approximate surface area is 201 Å². The average molecular weight is 476 g/mol. The molecular weight excluding hydrogens is 450 g/mol. The summed E-state index contributed by atoms with van der Waals surface area (Å²) >= 11 is 0. The maximum atomic E-state index is 12.8. The molecule has 9 heteroatoms. The molecule has 2 N–H and O–H groups in total. The Morgan fingerprint density at radius 2 is 1.74 bits per heavy atom. The number of hydrogen-bond acceptors (Lipinski definition) is 6. The van der Waals surface area contributed by atoms with Crippen molar-refractivity contribution in [2.24, 2.45) is 5.41 Å². The predicted molar refractivity (Wildman–Crippen MR) is 125 cm³/mol. The lowest BCUT2D eigenvalue weighted by molar-refractivity contribution is -0.158. The summed E-state index contributed by atoms with van der Waals surface area (Å²) < 4.78 is 10.5. The number of nitrogens with one attached hydrogen (secondary N) is 1. The highest BCUT2D eigenvalue weighted by atomic mass is 16.5. The molecule has 9 nitrogen and oxygen atoms in total. The standard InChI is InChI=1S/C26H25N3O6/c1-2-26(24(31)32)14-29(15-26)23(30)21-13-35-28-22(21)11-27-25(33)34-12-20-18-9-5-3-7-16(18)17-8-4-6-10-19(17)20/h3-10,13,20H,2,11-12,14-15H2,1H3,(H,27,33)(H,31,32). The fourth-order valence-corrected chi connectivity index (χ4v) is 4.87. The van der Waals surface area contributed by atoms with Crippen molar-refractivity contribution in [3.05, 3.63) is 77.2 Å². The lowest BCUT2D eigenvalue weighted by Crippen LogP contribution is -2.61. The number of fused-ring (bicyclic) bond motifs is 3. The van der Waals surface area contributed by atoms with Crippen molar-refractivity contribution in [2.75, 3.05) is 19.7 Å². The van der Waals surface area contributed by atoms with Gasteiger partial charge in [-0.25, -0.2) is 4.79 Å². The van der Waals surface area contributed by atoms with Crippen molar-refractivity contribution in [3.8, 4) is 11.1 Å². The van der Waals surface area contributed by atoms with Gasteiger partial charge in [-0.3, -0.25) is 9.59 Å². The summed E-state index contributed by atoms with van der Waals surface area (Å²) in [7, 11) is 0. The number of carboxylic acids is 1. The summed E-state index contributed by atoms with van der Waals surface area (Å²) in [5.41, 5.74) is 4.06. The van der Waals surface area contributed by atoms with Crippen molar-refractivity contribution < 1.29 is 28.8 Å². The largest absolute Gasteiger partial charge is 0.481 e. The Hall–Kier alpha value is -4.14. The van der Waals surface area contributed by atoms with Gasteiger partial charge in [0.2, 0.25) is 0 Å². The predicted octanol–water partition coefficient (Wildman–Crippen LogP) is 3.65. The zero-order valence-corrected chi connectivity index (χ0v) is 19.2. The molecule has 3 aromatic rings. The number of carboxylic acid groups (broad SMARTS) is 1. The van der Waals surface area contributed by atoms with Crippen molar-refractivity contribution in [1.82, 2.24) is 15.4 Å². The number of alkyl carbamates (subject to hydrolysis) is 1. The SMILES string of the molecule is CCC1(C(=O)O)CN(C(=O)c2conc2CNC(=O)OCC2c3ccccc3-c3ccccc32)C1. The van der Waals surface area contributed by atoms with Crippen LogP contribution in [0.3, 0.4) is 0 Å². The lowest BCUT2D eigenvalue weighted by atomic mass is 9.77. The van der Waals surface area contributed by atoms with E-state index in [4.69, 9.17) is 9.26 Å². The Morgan fingerprint density at radius 3 is 2.34 bits per heavy atom. The number of carbonyl (C=O) groups is 3. The topological polar surface area (TPSA) is 122 Å². The van der Waals surface area contributed by atoms with Crippen LogP contribution in [0.2, 0.25) is 0 Å². The van der Waals surface area contributed by atoms with Crippen LogP contribution >= 0.6 is 0 Å². The Bertz CT molecular complexity index is 1250. The van der Waals surface area contributed by atoms with Gasteiger partial charge < -0.3 is 24.6 Å². The maximum absolute atomic E-state index is 12.8. The molecule has 1 fully saturated rings. The van der Waals surface area contributed by atoms with Gasteiger partial charge in [0.05, 0.1) is 6.54 Å². The third kappa shape index (κ3) is 3.92. The van der Waals surface area contributed by atoms with E-state index in [0.717, 1.165) is 22.3 Å². The molecule has 1 aromatic heterocycles. The first-order valence-electron chi connectivity index (χ1n) is 11.5. The van der Waals surface area contributed by atoms with Gasteiger partial charge >= 0.3 is 12.1 Å². The van der Waals surface area contributed by atoms with Crippen LogP contribution in [0.4, 0.5) is 4.79 Å². The van der Waals surface area contributed by atoms with Crippen LogP contribution < -0.4 is 5.32 Å². The molecule has 2 heterocycles. The molecule has 0 atom stereocenters. The van der Waals surface area contributed by atoms with Crippen LogP contribution in [-0.4, -0.2) is 52.8 Å². The second-order valence-corrected chi connectivity index (χ2v) is 8.95. The van der Waals surface area contributed by atoms with Gasteiger partial charge in [-0.2, -0.15) is 0 Å². The Balaban J connectivity index is 1.18.